The summed E-state index contributed by atoms with van der Waals surface area (Å²) in [6.07, 6.45) is 7.86. The third kappa shape index (κ3) is 5.23. The number of hydrogen-bond donors (Lipinski definition) is 2. The largest absolute Gasteiger partial charge is 0.494 e. The van der Waals surface area contributed by atoms with Crippen LogP contribution in [0.25, 0.3) is 0 Å². The summed E-state index contributed by atoms with van der Waals surface area (Å²) < 4.78 is 5.60. The van der Waals surface area contributed by atoms with Crippen LogP contribution in [0.2, 0.25) is 0 Å². The number of carbonyl (C=O) groups is 1. The van der Waals surface area contributed by atoms with Crippen molar-refractivity contribution < 1.29 is 9.53 Å². The molecule has 5 nitrogen and oxygen atoms in total. The number of benzene rings is 2. The molecule has 6 heteroatoms. The van der Waals surface area contributed by atoms with Crippen molar-refractivity contribution in [3.05, 3.63) is 59.7 Å². The number of anilines is 1. The van der Waals surface area contributed by atoms with E-state index in [4.69, 9.17) is 17.0 Å². The maximum absolute atomic E-state index is 12.7. The molecule has 1 saturated heterocycles. The lowest BCUT2D eigenvalue weighted by molar-refractivity contribution is 0.0724. The van der Waals surface area contributed by atoms with Crippen LogP contribution in [0.4, 0.5) is 5.69 Å². The second-order valence-corrected chi connectivity index (χ2v) is 9.16. The highest BCUT2D eigenvalue weighted by atomic mass is 32.1. The molecule has 2 aromatic carbocycles. The van der Waals surface area contributed by atoms with E-state index in [1.807, 2.05) is 48.2 Å². The summed E-state index contributed by atoms with van der Waals surface area (Å²) in [6.45, 7) is 4.38. The van der Waals surface area contributed by atoms with E-state index in [1.165, 1.54) is 24.8 Å². The number of piperidine rings is 1. The molecule has 1 amide bonds. The summed E-state index contributed by atoms with van der Waals surface area (Å²) in [6, 6.07) is 16.0. The Kier molecular flexibility index (Phi) is 7.30. The highest BCUT2D eigenvalue weighted by molar-refractivity contribution is 7.80. The van der Waals surface area contributed by atoms with Gasteiger partial charge in [0, 0.05) is 24.3 Å². The van der Waals surface area contributed by atoms with Gasteiger partial charge in [0.25, 0.3) is 5.91 Å². The summed E-state index contributed by atoms with van der Waals surface area (Å²) >= 11 is 5.68. The van der Waals surface area contributed by atoms with Crippen molar-refractivity contribution in [1.29, 1.82) is 0 Å². The molecule has 1 heterocycles. The zero-order valence-corrected chi connectivity index (χ0v) is 19.7. The molecule has 1 aliphatic carbocycles. The predicted molar refractivity (Wildman–Crippen MR) is 133 cm³/mol. The Labute approximate surface area is 196 Å². The first-order valence-electron chi connectivity index (χ1n) is 11.8. The lowest BCUT2D eigenvalue weighted by atomic mass is 9.88. The first-order chi connectivity index (χ1) is 15.6. The summed E-state index contributed by atoms with van der Waals surface area (Å²) in [4.78, 5) is 14.6. The van der Waals surface area contributed by atoms with Gasteiger partial charge in [-0.3, -0.25) is 4.79 Å². The van der Waals surface area contributed by atoms with Gasteiger partial charge < -0.3 is 20.3 Å². The molecule has 0 spiro atoms. The van der Waals surface area contributed by atoms with Crippen molar-refractivity contribution in [2.45, 2.75) is 57.4 Å². The van der Waals surface area contributed by atoms with Gasteiger partial charge >= 0.3 is 0 Å². The van der Waals surface area contributed by atoms with Crippen molar-refractivity contribution >= 4 is 28.9 Å². The average Bonchev–Trinajstić information content (AvgIpc) is 3.30. The molecule has 2 aliphatic rings. The van der Waals surface area contributed by atoms with E-state index in [9.17, 15) is 4.79 Å². The molecule has 170 valence electrons. The van der Waals surface area contributed by atoms with Crippen molar-refractivity contribution in [3.63, 3.8) is 0 Å². The van der Waals surface area contributed by atoms with Crippen molar-refractivity contribution in [3.8, 4) is 5.75 Å². The monoisotopic (exact) mass is 451 g/mol. The molecule has 2 N–H and O–H groups in total. The minimum atomic E-state index is -0.154. The van der Waals surface area contributed by atoms with Gasteiger partial charge in [0.05, 0.1) is 12.1 Å². The van der Waals surface area contributed by atoms with Crippen molar-refractivity contribution in [2.24, 2.45) is 0 Å². The van der Waals surface area contributed by atoms with Crippen LogP contribution in [0.3, 0.4) is 0 Å². The molecule has 1 saturated carbocycles. The molecular weight excluding hydrogens is 418 g/mol. The Morgan fingerprint density at radius 2 is 1.62 bits per heavy atom. The van der Waals surface area contributed by atoms with Crippen LogP contribution >= 0.6 is 12.2 Å². The van der Waals surface area contributed by atoms with Gasteiger partial charge in [-0.05, 0) is 93.2 Å². The van der Waals surface area contributed by atoms with Crippen LogP contribution in [-0.2, 0) is 5.54 Å². The summed E-state index contributed by atoms with van der Waals surface area (Å²) in [7, 11) is 0. The van der Waals surface area contributed by atoms with Gasteiger partial charge in [0.2, 0.25) is 0 Å². The predicted octanol–water partition coefficient (Wildman–Crippen LogP) is 5.47. The molecule has 2 aromatic rings. The van der Waals surface area contributed by atoms with Gasteiger partial charge in [0.1, 0.15) is 5.75 Å². The van der Waals surface area contributed by atoms with E-state index in [-0.39, 0.29) is 11.4 Å². The van der Waals surface area contributed by atoms with E-state index in [2.05, 4.69) is 22.8 Å². The van der Waals surface area contributed by atoms with Crippen LogP contribution in [0.5, 0.6) is 5.75 Å². The average molecular weight is 452 g/mol. The fraction of sp³-hybridized carbons (Fsp3) is 0.462. The van der Waals surface area contributed by atoms with E-state index in [0.29, 0.717) is 11.7 Å². The van der Waals surface area contributed by atoms with Crippen LogP contribution in [0, 0.1) is 0 Å². The molecule has 0 unspecified atom stereocenters. The lowest BCUT2D eigenvalue weighted by Gasteiger charge is -2.32. The van der Waals surface area contributed by atoms with E-state index < -0.39 is 0 Å². The Balaban J connectivity index is 1.39. The number of nitrogens with one attached hydrogen (secondary N) is 2. The summed E-state index contributed by atoms with van der Waals surface area (Å²) in [5, 5.41) is 7.52. The maximum atomic E-state index is 12.7. The highest BCUT2D eigenvalue weighted by Gasteiger charge is 2.36. The topological polar surface area (TPSA) is 53.6 Å². The van der Waals surface area contributed by atoms with E-state index >= 15 is 0 Å². The molecule has 2 fully saturated rings. The maximum Gasteiger partial charge on any atom is 0.253 e. The molecule has 4 rings (SSSR count). The van der Waals surface area contributed by atoms with E-state index in [1.54, 1.807) is 0 Å². The first-order valence-corrected chi connectivity index (χ1v) is 12.2. The van der Waals surface area contributed by atoms with E-state index in [0.717, 1.165) is 55.8 Å². The molecule has 0 radical (unpaired) electrons. The zero-order valence-electron chi connectivity index (χ0n) is 18.9. The van der Waals surface area contributed by atoms with Gasteiger partial charge in [-0.15, -0.1) is 0 Å². The number of rotatable bonds is 6. The number of likely N-dealkylation sites (tertiary alicyclic amines) is 1. The third-order valence-electron chi connectivity index (χ3n) is 6.56. The quantitative estimate of drug-likeness (QED) is 0.571. The van der Waals surface area contributed by atoms with Crippen LogP contribution in [-0.4, -0.2) is 35.6 Å². The Morgan fingerprint density at radius 1 is 0.969 bits per heavy atom. The smallest absolute Gasteiger partial charge is 0.253 e. The lowest BCUT2D eigenvalue weighted by Crippen LogP contribution is -2.45. The number of ether oxygens (including phenoxy) is 1. The molecule has 32 heavy (non-hydrogen) atoms. The van der Waals surface area contributed by atoms with Crippen LogP contribution < -0.4 is 15.4 Å². The second kappa shape index (κ2) is 10.3. The second-order valence-electron chi connectivity index (χ2n) is 8.76. The fourth-order valence-electron chi connectivity index (χ4n) is 4.86. The Hall–Kier alpha value is -2.60. The number of nitrogens with zero attached hydrogens (tertiary/aromatic N) is 1. The van der Waals surface area contributed by atoms with Gasteiger partial charge in [0.15, 0.2) is 5.11 Å². The van der Waals surface area contributed by atoms with Crippen LogP contribution in [0.15, 0.2) is 48.5 Å². The SMILES string of the molecule is CCOc1ccc(C2(NC(=S)Nc3ccc(C(=O)N4CCCCC4)cc3)CCCC2)cc1. The molecule has 0 atom stereocenters. The Bertz CT molecular complexity index is 915. The first kappa shape index (κ1) is 22.6. The zero-order chi connectivity index (χ0) is 22.4. The number of hydrogen-bond acceptors (Lipinski definition) is 3. The highest BCUT2D eigenvalue weighted by Crippen LogP contribution is 2.39. The van der Waals surface area contributed by atoms with Crippen molar-refractivity contribution in [1.82, 2.24) is 10.2 Å². The summed E-state index contributed by atoms with van der Waals surface area (Å²) in [5.74, 6) is 1.02. The molecule has 0 bridgehead atoms. The summed E-state index contributed by atoms with van der Waals surface area (Å²) in [5.41, 5.74) is 2.71. The standard InChI is InChI=1S/C26H33N3O2S/c1-2-31-23-14-10-21(11-15-23)26(16-4-5-17-26)28-25(32)27-22-12-8-20(9-13-22)24(30)29-18-6-3-7-19-29/h8-15H,2-7,16-19H2,1H3,(H2,27,28,32). The molecule has 1 aliphatic heterocycles. The number of thiocarbonyl (C=S) groups is 1. The normalized spacial score (nSPS) is 17.6. The Morgan fingerprint density at radius 3 is 2.25 bits per heavy atom. The fourth-order valence-corrected chi connectivity index (χ4v) is 5.17. The third-order valence-corrected chi connectivity index (χ3v) is 6.76. The number of amides is 1. The van der Waals surface area contributed by atoms with Gasteiger partial charge in [-0.1, -0.05) is 25.0 Å². The number of carbonyl (C=O) groups excluding carboxylic acids is 1. The minimum absolute atomic E-state index is 0.123. The molecule has 0 aromatic heterocycles. The van der Waals surface area contributed by atoms with Gasteiger partial charge in [-0.2, -0.15) is 0 Å². The minimum Gasteiger partial charge on any atom is -0.494 e. The molecular formula is C26H33N3O2S. The van der Waals surface area contributed by atoms with Crippen LogP contribution in [0.1, 0.15) is 67.8 Å². The van der Waals surface area contributed by atoms with Crippen molar-refractivity contribution in [2.75, 3.05) is 25.0 Å². The van der Waals surface area contributed by atoms with Gasteiger partial charge in [-0.25, -0.2) is 0 Å².